The van der Waals surface area contributed by atoms with Crippen LogP contribution >= 0.6 is 0 Å². The molecule has 1 N–H and O–H groups in total. The highest BCUT2D eigenvalue weighted by molar-refractivity contribution is 5.43. The molecular weight excluding hydrogens is 240 g/mol. The molecule has 3 heterocycles. The molecule has 6 heteroatoms. The van der Waals surface area contributed by atoms with Crippen molar-refractivity contribution in [3.63, 3.8) is 0 Å². The maximum absolute atomic E-state index is 4.36. The Balaban J connectivity index is 1.67. The van der Waals surface area contributed by atoms with Gasteiger partial charge in [0.2, 0.25) is 0 Å². The number of imidazole rings is 1. The van der Waals surface area contributed by atoms with Gasteiger partial charge >= 0.3 is 0 Å². The van der Waals surface area contributed by atoms with Gasteiger partial charge in [-0.2, -0.15) is 0 Å². The molecule has 19 heavy (non-hydrogen) atoms. The van der Waals surface area contributed by atoms with Crippen molar-refractivity contribution in [2.24, 2.45) is 0 Å². The summed E-state index contributed by atoms with van der Waals surface area (Å²) in [4.78, 5) is 16.4. The highest BCUT2D eigenvalue weighted by Crippen LogP contribution is 2.10. The van der Waals surface area contributed by atoms with Gasteiger partial charge in [-0.05, 0) is 18.2 Å². The predicted octanol–water partition coefficient (Wildman–Crippen LogP) is 1.67. The van der Waals surface area contributed by atoms with Gasteiger partial charge in [-0.3, -0.25) is 4.57 Å². The number of pyridine rings is 1. The van der Waals surface area contributed by atoms with Crippen LogP contribution in [-0.2, 0) is 6.54 Å². The van der Waals surface area contributed by atoms with Gasteiger partial charge < -0.3 is 5.32 Å². The van der Waals surface area contributed by atoms with Crippen LogP contribution in [0.3, 0.4) is 0 Å². The van der Waals surface area contributed by atoms with Gasteiger partial charge in [0.25, 0.3) is 0 Å². The maximum Gasteiger partial charge on any atom is 0.137 e. The van der Waals surface area contributed by atoms with E-state index in [1.54, 1.807) is 24.9 Å². The van der Waals surface area contributed by atoms with E-state index in [-0.39, 0.29) is 0 Å². The third-order valence-corrected chi connectivity index (χ3v) is 2.63. The normalized spacial score (nSPS) is 10.3. The standard InChI is InChI=1S/C13H12N6/c1-2-13(19-6-5-15-10-19)17-8-11(1)16-7-12-3-4-14-9-18-12/h1-6,8-10,16H,7H2. The van der Waals surface area contributed by atoms with Crippen molar-refractivity contribution in [3.05, 3.63) is 61.3 Å². The number of hydrogen-bond acceptors (Lipinski definition) is 5. The smallest absolute Gasteiger partial charge is 0.137 e. The van der Waals surface area contributed by atoms with Crippen molar-refractivity contribution in [1.29, 1.82) is 0 Å². The summed E-state index contributed by atoms with van der Waals surface area (Å²) < 4.78 is 1.86. The van der Waals surface area contributed by atoms with Crippen molar-refractivity contribution < 1.29 is 0 Å². The first-order valence-corrected chi connectivity index (χ1v) is 5.85. The molecule has 3 rings (SSSR count). The molecule has 6 nitrogen and oxygen atoms in total. The minimum absolute atomic E-state index is 0.647. The molecular formula is C13H12N6. The molecule has 94 valence electrons. The monoisotopic (exact) mass is 252 g/mol. The van der Waals surface area contributed by atoms with Crippen LogP contribution in [0, 0.1) is 0 Å². The zero-order chi connectivity index (χ0) is 12.9. The largest absolute Gasteiger partial charge is 0.378 e. The van der Waals surface area contributed by atoms with E-state index in [9.17, 15) is 0 Å². The first-order valence-electron chi connectivity index (χ1n) is 5.85. The number of rotatable bonds is 4. The fourth-order valence-electron chi connectivity index (χ4n) is 1.65. The number of anilines is 1. The maximum atomic E-state index is 4.36. The number of nitrogens with zero attached hydrogens (tertiary/aromatic N) is 5. The summed E-state index contributed by atoms with van der Waals surface area (Å²) in [5, 5.41) is 3.26. The van der Waals surface area contributed by atoms with Gasteiger partial charge in [0.05, 0.1) is 24.1 Å². The summed E-state index contributed by atoms with van der Waals surface area (Å²) in [5.74, 6) is 0.838. The lowest BCUT2D eigenvalue weighted by Crippen LogP contribution is -2.02. The Morgan fingerprint density at radius 3 is 2.74 bits per heavy atom. The number of hydrogen-bond donors (Lipinski definition) is 1. The molecule has 3 aromatic rings. The van der Waals surface area contributed by atoms with Crippen LogP contribution < -0.4 is 5.32 Å². The third kappa shape index (κ3) is 2.74. The molecule has 0 saturated carbocycles. The Labute approximate surface area is 110 Å². The average molecular weight is 252 g/mol. The van der Waals surface area contributed by atoms with Crippen molar-refractivity contribution in [2.45, 2.75) is 6.54 Å². The Kier molecular flexibility index (Phi) is 3.14. The van der Waals surface area contributed by atoms with Crippen LogP contribution in [0.2, 0.25) is 0 Å². The van der Waals surface area contributed by atoms with Gasteiger partial charge in [0.15, 0.2) is 0 Å². The quantitative estimate of drug-likeness (QED) is 0.765. The molecule has 0 amide bonds. The topological polar surface area (TPSA) is 68.5 Å². The molecule has 0 aliphatic carbocycles. The van der Waals surface area contributed by atoms with E-state index >= 15 is 0 Å². The fourth-order valence-corrected chi connectivity index (χ4v) is 1.65. The first kappa shape index (κ1) is 11.3. The Bertz CT molecular complexity index is 618. The summed E-state index contributed by atoms with van der Waals surface area (Å²) in [6.45, 7) is 0.647. The lowest BCUT2D eigenvalue weighted by Gasteiger charge is -2.06. The van der Waals surface area contributed by atoms with Crippen molar-refractivity contribution >= 4 is 5.69 Å². The van der Waals surface area contributed by atoms with Crippen LogP contribution in [0.15, 0.2) is 55.6 Å². The summed E-state index contributed by atoms with van der Waals surface area (Å²) >= 11 is 0. The van der Waals surface area contributed by atoms with Crippen LogP contribution in [0.4, 0.5) is 5.69 Å². The van der Waals surface area contributed by atoms with E-state index in [1.807, 2.05) is 29.0 Å². The Hall–Kier alpha value is -2.76. The SMILES string of the molecule is c1cc(CNc2ccc(-n3ccnc3)nc2)ncn1. The Morgan fingerprint density at radius 2 is 2.05 bits per heavy atom. The molecule has 0 atom stereocenters. The van der Waals surface area contributed by atoms with Crippen molar-refractivity contribution in [1.82, 2.24) is 24.5 Å². The van der Waals surface area contributed by atoms with Gasteiger partial charge in [-0.1, -0.05) is 0 Å². The molecule has 0 spiro atoms. The first-order chi connectivity index (χ1) is 9.42. The summed E-state index contributed by atoms with van der Waals surface area (Å²) in [6.07, 6.45) is 10.4. The van der Waals surface area contributed by atoms with Gasteiger partial charge in [-0.15, -0.1) is 0 Å². The molecule has 3 aromatic heterocycles. The van der Waals surface area contributed by atoms with E-state index < -0.39 is 0 Å². The van der Waals surface area contributed by atoms with Crippen molar-refractivity contribution in [3.8, 4) is 5.82 Å². The van der Waals surface area contributed by atoms with E-state index in [0.29, 0.717) is 6.54 Å². The summed E-state index contributed by atoms with van der Waals surface area (Å²) in [7, 11) is 0. The second-order valence-corrected chi connectivity index (χ2v) is 3.93. The van der Waals surface area contributed by atoms with Gasteiger partial charge in [-0.25, -0.2) is 19.9 Å². The van der Waals surface area contributed by atoms with Gasteiger partial charge in [0.1, 0.15) is 18.5 Å². The number of aromatic nitrogens is 5. The molecule has 0 aromatic carbocycles. The summed E-state index contributed by atoms with van der Waals surface area (Å²) in [6, 6.07) is 5.79. The zero-order valence-corrected chi connectivity index (χ0v) is 10.1. The molecule has 0 aliphatic heterocycles. The fraction of sp³-hybridized carbons (Fsp3) is 0.0769. The molecule has 0 unspecified atom stereocenters. The molecule has 0 bridgehead atoms. The minimum atomic E-state index is 0.647. The molecule has 0 saturated heterocycles. The van der Waals surface area contributed by atoms with Crippen LogP contribution in [-0.4, -0.2) is 24.5 Å². The van der Waals surface area contributed by atoms with Crippen LogP contribution in [0.1, 0.15) is 5.69 Å². The van der Waals surface area contributed by atoms with Gasteiger partial charge in [0, 0.05) is 18.6 Å². The predicted molar refractivity (Wildman–Crippen MR) is 70.7 cm³/mol. The lowest BCUT2D eigenvalue weighted by atomic mass is 10.3. The van der Waals surface area contributed by atoms with E-state index in [4.69, 9.17) is 0 Å². The molecule has 0 fully saturated rings. The molecule has 0 aliphatic rings. The van der Waals surface area contributed by atoms with E-state index in [1.165, 1.54) is 6.33 Å². The van der Waals surface area contributed by atoms with E-state index in [2.05, 4.69) is 25.3 Å². The molecule has 0 radical (unpaired) electrons. The highest BCUT2D eigenvalue weighted by Gasteiger charge is 1.98. The van der Waals surface area contributed by atoms with E-state index in [0.717, 1.165) is 17.2 Å². The zero-order valence-electron chi connectivity index (χ0n) is 10.1. The third-order valence-electron chi connectivity index (χ3n) is 2.63. The average Bonchev–Trinajstić information content (AvgIpc) is 3.01. The van der Waals surface area contributed by atoms with Crippen LogP contribution in [0.5, 0.6) is 0 Å². The highest BCUT2D eigenvalue weighted by atomic mass is 15.1. The van der Waals surface area contributed by atoms with Crippen LogP contribution in [0.25, 0.3) is 5.82 Å². The second kappa shape index (κ2) is 5.26. The Morgan fingerprint density at radius 1 is 1.05 bits per heavy atom. The minimum Gasteiger partial charge on any atom is -0.378 e. The van der Waals surface area contributed by atoms with Crippen molar-refractivity contribution in [2.75, 3.05) is 5.32 Å². The number of nitrogens with one attached hydrogen (secondary N) is 1. The second-order valence-electron chi connectivity index (χ2n) is 3.93. The lowest BCUT2D eigenvalue weighted by molar-refractivity contribution is 0.981. The summed E-state index contributed by atoms with van der Waals surface area (Å²) in [5.41, 5.74) is 1.89.